The molecule has 1 unspecified atom stereocenters. The number of carbonyl (C=O) groups excluding carboxylic acids is 1. The molecule has 0 saturated carbocycles. The Morgan fingerprint density at radius 3 is 2.74 bits per heavy atom. The Bertz CT molecular complexity index is 474. The number of nitrogen functional groups attached to an aromatic ring is 1. The Balaban J connectivity index is 2.73. The number of hydrogen-bond donors (Lipinski definition) is 3. The lowest BCUT2D eigenvalue weighted by atomic mass is 10.1. The van der Waals surface area contributed by atoms with Crippen molar-refractivity contribution < 1.29 is 19.4 Å². The zero-order valence-electron chi connectivity index (χ0n) is 11.0. The van der Waals surface area contributed by atoms with E-state index in [9.17, 15) is 9.59 Å². The number of benzene rings is 1. The van der Waals surface area contributed by atoms with E-state index >= 15 is 0 Å². The molecule has 6 heteroatoms. The molecule has 0 spiro atoms. The molecule has 1 aromatic rings. The quantitative estimate of drug-likeness (QED) is 0.680. The normalized spacial score (nSPS) is 11.9. The van der Waals surface area contributed by atoms with Crippen molar-refractivity contribution in [3.63, 3.8) is 0 Å². The number of methoxy groups -OCH3 is 1. The second-order valence-electron chi connectivity index (χ2n) is 4.24. The van der Waals surface area contributed by atoms with Crippen molar-refractivity contribution in [1.29, 1.82) is 0 Å². The van der Waals surface area contributed by atoms with Gasteiger partial charge in [0.15, 0.2) is 0 Å². The summed E-state index contributed by atoms with van der Waals surface area (Å²) in [5.74, 6) is -1.38. The highest BCUT2D eigenvalue weighted by Gasteiger charge is 2.13. The maximum Gasteiger partial charge on any atom is 0.337 e. The van der Waals surface area contributed by atoms with Crippen molar-refractivity contribution in [2.24, 2.45) is 0 Å². The summed E-state index contributed by atoms with van der Waals surface area (Å²) in [5.41, 5.74) is 6.20. The first-order valence-corrected chi connectivity index (χ1v) is 5.89. The minimum Gasteiger partial charge on any atom is -0.478 e. The number of nitrogens with two attached hydrogens (primary N) is 1. The van der Waals surface area contributed by atoms with Gasteiger partial charge in [0.25, 0.3) is 0 Å². The number of aromatic carboxylic acids is 1. The summed E-state index contributed by atoms with van der Waals surface area (Å²) in [4.78, 5) is 22.7. The lowest BCUT2D eigenvalue weighted by Gasteiger charge is -2.11. The average Bonchev–Trinajstić information content (AvgIpc) is 2.35. The molecular weight excluding hydrogens is 248 g/mol. The summed E-state index contributed by atoms with van der Waals surface area (Å²) in [6.07, 6.45) is 0.793. The van der Waals surface area contributed by atoms with Crippen molar-refractivity contribution in [3.05, 3.63) is 23.8 Å². The first-order chi connectivity index (χ1) is 8.93. The van der Waals surface area contributed by atoms with E-state index in [-0.39, 0.29) is 29.7 Å². The van der Waals surface area contributed by atoms with Gasteiger partial charge in [-0.2, -0.15) is 0 Å². The summed E-state index contributed by atoms with van der Waals surface area (Å²) in [6, 6.07) is 4.28. The predicted molar refractivity (Wildman–Crippen MR) is 72.1 cm³/mol. The van der Waals surface area contributed by atoms with Crippen LogP contribution in [-0.4, -0.2) is 30.2 Å². The van der Waals surface area contributed by atoms with Crippen LogP contribution in [0.15, 0.2) is 18.2 Å². The maximum absolute atomic E-state index is 11.7. The molecule has 0 aliphatic heterocycles. The number of hydrogen-bond acceptors (Lipinski definition) is 4. The van der Waals surface area contributed by atoms with Crippen molar-refractivity contribution >= 4 is 23.3 Å². The van der Waals surface area contributed by atoms with Gasteiger partial charge in [-0.15, -0.1) is 0 Å². The molecule has 0 fully saturated rings. The first kappa shape index (κ1) is 15.0. The zero-order valence-corrected chi connectivity index (χ0v) is 11.0. The fourth-order valence-electron chi connectivity index (χ4n) is 1.52. The lowest BCUT2D eigenvalue weighted by Crippen LogP contribution is -2.17. The number of rotatable bonds is 6. The number of anilines is 2. The molecule has 1 rings (SSSR count). The molecule has 4 N–H and O–H groups in total. The van der Waals surface area contributed by atoms with E-state index in [4.69, 9.17) is 15.6 Å². The highest BCUT2D eigenvalue weighted by atomic mass is 16.5. The van der Waals surface area contributed by atoms with E-state index in [1.165, 1.54) is 18.2 Å². The molecule has 6 nitrogen and oxygen atoms in total. The monoisotopic (exact) mass is 266 g/mol. The molecule has 19 heavy (non-hydrogen) atoms. The number of ether oxygens (including phenoxy) is 1. The second-order valence-corrected chi connectivity index (χ2v) is 4.24. The molecule has 0 aliphatic carbocycles. The SMILES string of the molecule is COC(C)CCC(=O)Nc1cc(N)ccc1C(=O)O. The van der Waals surface area contributed by atoms with E-state index in [1.54, 1.807) is 7.11 Å². The third-order valence-electron chi connectivity index (χ3n) is 2.73. The Hall–Kier alpha value is -2.08. The van der Waals surface area contributed by atoms with Gasteiger partial charge in [0.2, 0.25) is 5.91 Å². The molecule has 0 saturated heterocycles. The van der Waals surface area contributed by atoms with Gasteiger partial charge in [-0.05, 0) is 31.5 Å². The molecule has 0 radical (unpaired) electrons. The highest BCUT2D eigenvalue weighted by Crippen LogP contribution is 2.19. The molecule has 1 aromatic carbocycles. The summed E-state index contributed by atoms with van der Waals surface area (Å²) in [7, 11) is 1.57. The van der Waals surface area contributed by atoms with Crippen molar-refractivity contribution in [2.75, 3.05) is 18.2 Å². The third-order valence-corrected chi connectivity index (χ3v) is 2.73. The molecule has 1 atom stereocenters. The van der Waals surface area contributed by atoms with Crippen LogP contribution < -0.4 is 11.1 Å². The number of carboxylic acid groups (broad SMARTS) is 1. The van der Waals surface area contributed by atoms with Crippen LogP contribution in [0.3, 0.4) is 0 Å². The Kier molecular flexibility index (Phi) is 5.32. The van der Waals surface area contributed by atoms with Gasteiger partial charge in [0.1, 0.15) is 0 Å². The Morgan fingerprint density at radius 2 is 2.16 bits per heavy atom. The van der Waals surface area contributed by atoms with E-state index < -0.39 is 5.97 Å². The second kappa shape index (κ2) is 6.75. The Labute approximate surface area is 111 Å². The van der Waals surface area contributed by atoms with Gasteiger partial charge in [-0.1, -0.05) is 0 Å². The number of amides is 1. The third kappa shape index (κ3) is 4.59. The van der Waals surface area contributed by atoms with E-state index in [0.29, 0.717) is 12.1 Å². The van der Waals surface area contributed by atoms with Crippen LogP contribution in [0.2, 0.25) is 0 Å². The summed E-state index contributed by atoms with van der Waals surface area (Å²) in [6.45, 7) is 1.86. The van der Waals surface area contributed by atoms with Gasteiger partial charge in [-0.3, -0.25) is 4.79 Å². The van der Waals surface area contributed by atoms with Gasteiger partial charge in [0.05, 0.1) is 17.4 Å². The highest BCUT2D eigenvalue weighted by molar-refractivity contribution is 6.01. The minimum absolute atomic E-state index is 0.0161. The van der Waals surface area contributed by atoms with Crippen LogP contribution in [0.4, 0.5) is 11.4 Å². The van der Waals surface area contributed by atoms with Crippen LogP contribution in [0.5, 0.6) is 0 Å². The predicted octanol–water partition coefficient (Wildman–Crippen LogP) is 1.72. The molecule has 0 heterocycles. The molecule has 0 aliphatic rings. The topological polar surface area (TPSA) is 102 Å². The molecular formula is C13H18N2O4. The Morgan fingerprint density at radius 1 is 1.47 bits per heavy atom. The fraction of sp³-hybridized carbons (Fsp3) is 0.385. The molecule has 0 aromatic heterocycles. The summed E-state index contributed by atoms with van der Waals surface area (Å²) >= 11 is 0. The lowest BCUT2D eigenvalue weighted by molar-refractivity contribution is -0.116. The summed E-state index contributed by atoms with van der Waals surface area (Å²) < 4.78 is 5.04. The molecule has 104 valence electrons. The van der Waals surface area contributed by atoms with E-state index in [2.05, 4.69) is 5.32 Å². The van der Waals surface area contributed by atoms with E-state index in [1.807, 2.05) is 6.92 Å². The number of nitrogens with one attached hydrogen (secondary N) is 1. The first-order valence-electron chi connectivity index (χ1n) is 5.89. The smallest absolute Gasteiger partial charge is 0.337 e. The van der Waals surface area contributed by atoms with Gasteiger partial charge < -0.3 is 20.9 Å². The van der Waals surface area contributed by atoms with Gasteiger partial charge in [-0.25, -0.2) is 4.79 Å². The van der Waals surface area contributed by atoms with Crippen molar-refractivity contribution in [2.45, 2.75) is 25.9 Å². The van der Waals surface area contributed by atoms with Crippen LogP contribution in [-0.2, 0) is 9.53 Å². The fourth-order valence-corrected chi connectivity index (χ4v) is 1.52. The van der Waals surface area contributed by atoms with E-state index in [0.717, 1.165) is 0 Å². The van der Waals surface area contributed by atoms with Crippen LogP contribution in [0.1, 0.15) is 30.1 Å². The van der Waals surface area contributed by atoms with Crippen LogP contribution >= 0.6 is 0 Å². The standard InChI is InChI=1S/C13H18N2O4/c1-8(19-2)3-6-12(16)15-11-7-9(14)4-5-10(11)13(17)18/h4-5,7-8H,3,6,14H2,1-2H3,(H,15,16)(H,17,18). The largest absolute Gasteiger partial charge is 0.478 e. The number of carboxylic acids is 1. The maximum atomic E-state index is 11.7. The van der Waals surface area contributed by atoms with Crippen LogP contribution in [0.25, 0.3) is 0 Å². The minimum atomic E-state index is -1.11. The zero-order chi connectivity index (χ0) is 14.4. The molecule has 1 amide bonds. The van der Waals surface area contributed by atoms with Crippen molar-refractivity contribution in [1.82, 2.24) is 0 Å². The van der Waals surface area contributed by atoms with Crippen molar-refractivity contribution in [3.8, 4) is 0 Å². The average molecular weight is 266 g/mol. The van der Waals surface area contributed by atoms with Gasteiger partial charge >= 0.3 is 5.97 Å². The van der Waals surface area contributed by atoms with Gasteiger partial charge in [0, 0.05) is 19.2 Å². The van der Waals surface area contributed by atoms with Crippen LogP contribution in [0, 0.1) is 0 Å². The molecule has 0 bridgehead atoms. The number of carbonyl (C=O) groups is 2. The summed E-state index contributed by atoms with van der Waals surface area (Å²) in [5, 5.41) is 11.6.